The van der Waals surface area contributed by atoms with Crippen molar-refractivity contribution in [2.24, 2.45) is 5.92 Å². The molecule has 0 radical (unpaired) electrons. The second-order valence-corrected chi connectivity index (χ2v) is 5.22. The summed E-state index contributed by atoms with van der Waals surface area (Å²) in [6, 6.07) is 7.31. The van der Waals surface area contributed by atoms with E-state index in [9.17, 15) is 9.59 Å². The lowest BCUT2D eigenvalue weighted by Crippen LogP contribution is -2.29. The van der Waals surface area contributed by atoms with Gasteiger partial charge in [0.25, 0.3) is 5.91 Å². The predicted molar refractivity (Wildman–Crippen MR) is 85.5 cm³/mol. The van der Waals surface area contributed by atoms with Gasteiger partial charge in [0.1, 0.15) is 5.75 Å². The van der Waals surface area contributed by atoms with Crippen LogP contribution in [0.1, 0.15) is 25.8 Å². The van der Waals surface area contributed by atoms with Gasteiger partial charge in [-0.2, -0.15) is 0 Å². The van der Waals surface area contributed by atoms with Crippen molar-refractivity contribution < 1.29 is 19.1 Å². The van der Waals surface area contributed by atoms with E-state index in [0.29, 0.717) is 18.2 Å². The van der Waals surface area contributed by atoms with Crippen LogP contribution < -0.4 is 10.1 Å². The molecule has 0 saturated carbocycles. The fourth-order valence-electron chi connectivity index (χ4n) is 1.70. The highest BCUT2D eigenvalue weighted by Crippen LogP contribution is 2.18. The van der Waals surface area contributed by atoms with E-state index >= 15 is 0 Å². The lowest BCUT2D eigenvalue weighted by Gasteiger charge is -2.07. The number of methoxy groups -OCH3 is 1. The number of carbonyl (C=O) groups excluding carboxylic acids is 2. The molecule has 0 saturated heterocycles. The van der Waals surface area contributed by atoms with Gasteiger partial charge in [-0.25, -0.2) is 4.79 Å². The minimum Gasteiger partial charge on any atom is -0.496 e. The van der Waals surface area contributed by atoms with Crippen molar-refractivity contribution in [2.45, 2.75) is 20.3 Å². The molecule has 1 aromatic rings. The van der Waals surface area contributed by atoms with Crippen molar-refractivity contribution in [2.75, 3.05) is 20.3 Å². The maximum atomic E-state index is 11.6. The van der Waals surface area contributed by atoms with Gasteiger partial charge in [0.2, 0.25) is 0 Å². The van der Waals surface area contributed by atoms with Crippen LogP contribution in [0.2, 0.25) is 0 Å². The third kappa shape index (κ3) is 6.92. The summed E-state index contributed by atoms with van der Waals surface area (Å²) in [6.45, 7) is 4.47. The number of nitrogens with one attached hydrogen (secondary N) is 1. The average Bonchev–Trinajstić information content (AvgIpc) is 2.50. The fraction of sp³-hybridized carbons (Fsp3) is 0.412. The third-order valence-corrected chi connectivity index (χ3v) is 2.93. The number of hydrogen-bond acceptors (Lipinski definition) is 4. The molecule has 0 aliphatic carbocycles. The normalized spacial score (nSPS) is 10.7. The molecule has 0 aromatic heterocycles. The lowest BCUT2D eigenvalue weighted by molar-refractivity contribution is -0.143. The number of hydrogen-bond donors (Lipinski definition) is 1. The molecule has 1 N–H and O–H groups in total. The van der Waals surface area contributed by atoms with Crippen molar-refractivity contribution in [3.8, 4) is 5.75 Å². The summed E-state index contributed by atoms with van der Waals surface area (Å²) in [4.78, 5) is 23.0. The Morgan fingerprint density at radius 2 is 2.00 bits per heavy atom. The minimum atomic E-state index is -0.565. The largest absolute Gasteiger partial charge is 0.496 e. The summed E-state index contributed by atoms with van der Waals surface area (Å²) in [5.74, 6) is 0.328. The Kier molecular flexibility index (Phi) is 7.75. The molecule has 1 rings (SSSR count). The zero-order valence-corrected chi connectivity index (χ0v) is 13.3. The molecule has 0 unspecified atom stereocenters. The Bertz CT molecular complexity index is 523. The van der Waals surface area contributed by atoms with E-state index in [1.807, 2.05) is 18.2 Å². The molecule has 0 aliphatic rings. The molecule has 0 bridgehead atoms. The van der Waals surface area contributed by atoms with Gasteiger partial charge in [-0.15, -0.1) is 0 Å². The van der Waals surface area contributed by atoms with Gasteiger partial charge < -0.3 is 14.8 Å². The van der Waals surface area contributed by atoms with E-state index in [-0.39, 0.29) is 12.5 Å². The van der Waals surface area contributed by atoms with E-state index < -0.39 is 5.97 Å². The first kappa shape index (κ1) is 17.8. The quantitative estimate of drug-likeness (QED) is 0.592. The molecule has 5 heteroatoms. The number of amides is 1. The van der Waals surface area contributed by atoms with Crippen LogP contribution in [0.3, 0.4) is 0 Å². The average molecular weight is 305 g/mol. The van der Waals surface area contributed by atoms with Crippen LogP contribution >= 0.6 is 0 Å². The molecule has 5 nitrogen and oxygen atoms in total. The van der Waals surface area contributed by atoms with Crippen LogP contribution in [0, 0.1) is 5.92 Å². The molecule has 0 fully saturated rings. The third-order valence-electron chi connectivity index (χ3n) is 2.93. The van der Waals surface area contributed by atoms with Gasteiger partial charge in [-0.3, -0.25) is 4.79 Å². The number of benzene rings is 1. The van der Waals surface area contributed by atoms with Gasteiger partial charge in [-0.1, -0.05) is 32.0 Å². The molecule has 1 amide bonds. The zero-order valence-electron chi connectivity index (χ0n) is 13.3. The zero-order chi connectivity index (χ0) is 16.4. The lowest BCUT2D eigenvalue weighted by atomic mass is 10.1. The number of esters is 1. The smallest absolute Gasteiger partial charge is 0.331 e. The van der Waals surface area contributed by atoms with E-state index in [2.05, 4.69) is 19.2 Å². The highest BCUT2D eigenvalue weighted by atomic mass is 16.5. The maximum absolute atomic E-state index is 11.6. The number of carbonyl (C=O) groups is 2. The van der Waals surface area contributed by atoms with Gasteiger partial charge in [-0.05, 0) is 24.5 Å². The molecule has 0 aliphatic heterocycles. The van der Waals surface area contributed by atoms with Crippen molar-refractivity contribution >= 4 is 18.0 Å². The van der Waals surface area contributed by atoms with Crippen molar-refractivity contribution in [3.63, 3.8) is 0 Å². The van der Waals surface area contributed by atoms with E-state index in [1.54, 1.807) is 19.3 Å². The molecular weight excluding hydrogens is 282 g/mol. The van der Waals surface area contributed by atoms with E-state index in [0.717, 1.165) is 12.0 Å². The summed E-state index contributed by atoms with van der Waals surface area (Å²) >= 11 is 0. The van der Waals surface area contributed by atoms with Crippen LogP contribution in [0.25, 0.3) is 6.08 Å². The van der Waals surface area contributed by atoms with Gasteiger partial charge in [0, 0.05) is 18.2 Å². The molecule has 1 aromatic carbocycles. The SMILES string of the molecule is COc1ccccc1/C=C/C(=O)OCC(=O)NCCC(C)C. The summed E-state index contributed by atoms with van der Waals surface area (Å²) in [5.41, 5.74) is 0.767. The summed E-state index contributed by atoms with van der Waals surface area (Å²) in [5, 5.41) is 2.70. The maximum Gasteiger partial charge on any atom is 0.331 e. The molecule has 22 heavy (non-hydrogen) atoms. The van der Waals surface area contributed by atoms with Crippen LogP contribution in [0.15, 0.2) is 30.3 Å². The predicted octanol–water partition coefficient (Wildman–Crippen LogP) is 2.41. The van der Waals surface area contributed by atoms with Crippen molar-refractivity contribution in [1.29, 1.82) is 0 Å². The summed E-state index contributed by atoms with van der Waals surface area (Å²) in [6.07, 6.45) is 3.77. The number of rotatable bonds is 8. The summed E-state index contributed by atoms with van der Waals surface area (Å²) in [7, 11) is 1.56. The first-order valence-electron chi connectivity index (χ1n) is 7.27. The van der Waals surface area contributed by atoms with E-state index in [1.165, 1.54) is 6.08 Å². The minimum absolute atomic E-state index is 0.271. The monoisotopic (exact) mass is 305 g/mol. The second-order valence-electron chi connectivity index (χ2n) is 5.22. The van der Waals surface area contributed by atoms with E-state index in [4.69, 9.17) is 9.47 Å². The number of ether oxygens (including phenoxy) is 2. The Balaban J connectivity index is 2.37. The van der Waals surface area contributed by atoms with Crippen LogP contribution in [0.5, 0.6) is 5.75 Å². The van der Waals surface area contributed by atoms with Crippen LogP contribution in [-0.4, -0.2) is 32.1 Å². The molecule has 0 atom stereocenters. The highest BCUT2D eigenvalue weighted by Gasteiger charge is 2.05. The molecule has 120 valence electrons. The van der Waals surface area contributed by atoms with Crippen molar-refractivity contribution in [3.05, 3.63) is 35.9 Å². The topological polar surface area (TPSA) is 64.6 Å². The second kappa shape index (κ2) is 9.60. The molecule has 0 heterocycles. The molecule has 0 spiro atoms. The Morgan fingerprint density at radius 1 is 1.27 bits per heavy atom. The Hall–Kier alpha value is -2.30. The Labute approximate surface area is 131 Å². The molecular formula is C17H23NO4. The first-order chi connectivity index (χ1) is 10.5. The van der Waals surface area contributed by atoms with Crippen molar-refractivity contribution in [1.82, 2.24) is 5.32 Å². The highest BCUT2D eigenvalue weighted by molar-refractivity contribution is 5.89. The van der Waals surface area contributed by atoms with Gasteiger partial charge >= 0.3 is 5.97 Å². The van der Waals surface area contributed by atoms with Crippen LogP contribution in [0.4, 0.5) is 0 Å². The number of para-hydroxylation sites is 1. The standard InChI is InChI=1S/C17H23NO4/c1-13(2)10-11-18-16(19)12-22-17(20)9-8-14-6-4-5-7-15(14)21-3/h4-9,13H,10-12H2,1-3H3,(H,18,19)/b9-8+. The fourth-order valence-corrected chi connectivity index (χ4v) is 1.70. The van der Waals surface area contributed by atoms with Gasteiger partial charge in [0.15, 0.2) is 6.61 Å². The Morgan fingerprint density at radius 3 is 2.68 bits per heavy atom. The summed E-state index contributed by atoms with van der Waals surface area (Å²) < 4.78 is 10.0. The first-order valence-corrected chi connectivity index (χ1v) is 7.27. The van der Waals surface area contributed by atoms with Gasteiger partial charge in [0.05, 0.1) is 7.11 Å². The van der Waals surface area contributed by atoms with Crippen LogP contribution in [-0.2, 0) is 14.3 Å².